The van der Waals surface area contributed by atoms with Gasteiger partial charge in [-0.2, -0.15) is 4.31 Å². The number of hydrogen-bond donors (Lipinski definition) is 1. The van der Waals surface area contributed by atoms with Gasteiger partial charge in [-0.25, -0.2) is 13.4 Å². The molecule has 0 spiro atoms. The normalized spacial score (nSPS) is 15.8. The molecule has 34 heavy (non-hydrogen) atoms. The third kappa shape index (κ3) is 5.01. The summed E-state index contributed by atoms with van der Waals surface area (Å²) in [6.45, 7) is 8.70. The van der Waals surface area contributed by atoms with Crippen molar-refractivity contribution in [2.45, 2.75) is 44.7 Å². The number of nitrogens with zero attached hydrogens (tertiary/aromatic N) is 4. The van der Waals surface area contributed by atoms with E-state index in [-0.39, 0.29) is 11.9 Å². The summed E-state index contributed by atoms with van der Waals surface area (Å²) in [5.41, 5.74) is 3.47. The molecule has 0 atom stereocenters. The number of hydrogen-bond acceptors (Lipinski definition) is 5. The van der Waals surface area contributed by atoms with Crippen molar-refractivity contribution in [2.75, 3.05) is 26.2 Å². The van der Waals surface area contributed by atoms with Crippen LogP contribution in [0.25, 0.3) is 11.0 Å². The molecule has 1 saturated heterocycles. The molecule has 1 N–H and O–H groups in total. The monoisotopic (exact) mass is 483 g/mol. The topological polar surface area (TPSA) is 87.5 Å². The first kappa shape index (κ1) is 24.4. The maximum atomic E-state index is 13.0. The smallest absolute Gasteiger partial charge is 0.251 e. The predicted molar refractivity (Wildman–Crippen MR) is 133 cm³/mol. The fourth-order valence-electron chi connectivity index (χ4n) is 4.25. The largest absolute Gasteiger partial charge is 0.350 e. The van der Waals surface area contributed by atoms with E-state index < -0.39 is 10.0 Å². The molecule has 0 bridgehead atoms. The summed E-state index contributed by atoms with van der Waals surface area (Å²) in [6, 6.07) is 12.8. The van der Waals surface area contributed by atoms with Gasteiger partial charge in [0.1, 0.15) is 5.82 Å². The van der Waals surface area contributed by atoms with Crippen LogP contribution in [0.2, 0.25) is 0 Å². The van der Waals surface area contributed by atoms with Crippen molar-refractivity contribution in [3.63, 3.8) is 0 Å². The van der Waals surface area contributed by atoms with Crippen LogP contribution in [0, 0.1) is 0 Å². The lowest BCUT2D eigenvalue weighted by atomic mass is 10.2. The number of fused-ring (bicyclic) bond motifs is 1. The molecule has 3 aromatic rings. The fourth-order valence-corrected chi connectivity index (χ4v) is 5.67. The van der Waals surface area contributed by atoms with Crippen LogP contribution >= 0.6 is 0 Å². The van der Waals surface area contributed by atoms with Crippen molar-refractivity contribution in [3.8, 4) is 0 Å². The maximum absolute atomic E-state index is 13.0. The van der Waals surface area contributed by atoms with E-state index in [1.54, 1.807) is 16.4 Å². The summed E-state index contributed by atoms with van der Waals surface area (Å²) in [7, 11) is -1.51. The summed E-state index contributed by atoms with van der Waals surface area (Å²) in [6.07, 6.45) is 0.883. The van der Waals surface area contributed by atoms with Gasteiger partial charge in [-0.15, -0.1) is 0 Å². The zero-order chi connectivity index (χ0) is 24.5. The molecule has 0 saturated carbocycles. The molecule has 1 amide bonds. The number of nitrogens with one attached hydrogen (secondary N) is 1. The number of sulfonamides is 1. The molecule has 8 nitrogen and oxygen atoms in total. The minimum absolute atomic E-state index is 0.0701. The molecule has 1 fully saturated rings. The van der Waals surface area contributed by atoms with Gasteiger partial charge in [-0.3, -0.25) is 9.69 Å². The molecule has 2 heterocycles. The van der Waals surface area contributed by atoms with E-state index in [0.717, 1.165) is 28.8 Å². The molecule has 1 aromatic heterocycles. The van der Waals surface area contributed by atoms with Crippen LogP contribution in [0.5, 0.6) is 0 Å². The first-order chi connectivity index (χ1) is 16.2. The van der Waals surface area contributed by atoms with Gasteiger partial charge >= 0.3 is 0 Å². The van der Waals surface area contributed by atoms with Crippen LogP contribution in [0.15, 0.2) is 47.4 Å². The number of benzene rings is 2. The summed E-state index contributed by atoms with van der Waals surface area (Å²) >= 11 is 0. The number of imidazole rings is 1. The number of amides is 1. The Morgan fingerprint density at radius 3 is 2.35 bits per heavy atom. The lowest BCUT2D eigenvalue weighted by Crippen LogP contribution is -2.48. The first-order valence-corrected chi connectivity index (χ1v) is 13.2. The molecule has 0 unspecified atom stereocenters. The second-order valence-electron chi connectivity index (χ2n) is 9.10. The Hall–Kier alpha value is -2.75. The van der Waals surface area contributed by atoms with E-state index >= 15 is 0 Å². The number of rotatable bonds is 7. The van der Waals surface area contributed by atoms with Crippen LogP contribution in [0.4, 0.5) is 0 Å². The lowest BCUT2D eigenvalue weighted by molar-refractivity contribution is 0.0943. The van der Waals surface area contributed by atoms with E-state index in [4.69, 9.17) is 4.98 Å². The molecule has 9 heteroatoms. The standard InChI is InChI=1S/C25H33N5O3S/c1-5-19-6-9-21(10-7-19)34(32,33)30-14-12-29(13-15-30)17-24-27-22-16-20(25(31)26-18(2)3)8-11-23(22)28(24)4/h6-11,16,18H,5,12-15,17H2,1-4H3,(H,26,31). The van der Waals surface area contributed by atoms with E-state index in [0.29, 0.717) is 43.2 Å². The molecule has 1 aliphatic heterocycles. The number of carbonyl (C=O) groups excluding carboxylic acids is 1. The van der Waals surface area contributed by atoms with E-state index in [9.17, 15) is 13.2 Å². The van der Waals surface area contributed by atoms with Gasteiger partial charge in [0.05, 0.1) is 22.5 Å². The van der Waals surface area contributed by atoms with Crippen molar-refractivity contribution < 1.29 is 13.2 Å². The van der Waals surface area contributed by atoms with Crippen molar-refractivity contribution >= 4 is 27.0 Å². The lowest BCUT2D eigenvalue weighted by Gasteiger charge is -2.33. The van der Waals surface area contributed by atoms with E-state index in [1.807, 2.05) is 55.8 Å². The number of aromatic nitrogens is 2. The molecule has 4 rings (SSSR count). The Morgan fingerprint density at radius 2 is 1.74 bits per heavy atom. The highest BCUT2D eigenvalue weighted by Gasteiger charge is 2.29. The minimum Gasteiger partial charge on any atom is -0.350 e. The first-order valence-electron chi connectivity index (χ1n) is 11.8. The molecule has 1 aliphatic rings. The van der Waals surface area contributed by atoms with Crippen LogP contribution < -0.4 is 5.32 Å². The van der Waals surface area contributed by atoms with Crippen LogP contribution in [-0.4, -0.2) is 65.3 Å². The van der Waals surface area contributed by atoms with Crippen molar-refractivity contribution in [1.29, 1.82) is 0 Å². The SMILES string of the molecule is CCc1ccc(S(=O)(=O)N2CCN(Cc3nc4cc(C(=O)NC(C)C)ccc4n3C)CC2)cc1. The van der Waals surface area contributed by atoms with E-state index in [2.05, 4.69) is 17.1 Å². The Morgan fingerprint density at radius 1 is 1.06 bits per heavy atom. The summed E-state index contributed by atoms with van der Waals surface area (Å²) in [5.74, 6) is 0.786. The summed E-state index contributed by atoms with van der Waals surface area (Å²) in [5, 5.41) is 2.91. The molecular formula is C25H33N5O3S. The maximum Gasteiger partial charge on any atom is 0.251 e. The average molecular weight is 484 g/mol. The van der Waals surface area contributed by atoms with Gasteiger partial charge < -0.3 is 9.88 Å². The number of piperazine rings is 1. The van der Waals surface area contributed by atoms with Gasteiger partial charge in [0.15, 0.2) is 0 Å². The van der Waals surface area contributed by atoms with E-state index in [1.165, 1.54) is 0 Å². The Bertz CT molecular complexity index is 1270. The molecular weight excluding hydrogens is 450 g/mol. The van der Waals surface area contributed by atoms with Gasteiger partial charge in [0.25, 0.3) is 5.91 Å². The van der Waals surface area contributed by atoms with Gasteiger partial charge in [0, 0.05) is 44.8 Å². The Balaban J connectivity index is 1.42. The Labute approximate surface area is 201 Å². The van der Waals surface area contributed by atoms with Crippen LogP contribution in [-0.2, 0) is 30.0 Å². The second kappa shape index (κ2) is 9.85. The predicted octanol–water partition coefficient (Wildman–Crippen LogP) is 2.78. The van der Waals surface area contributed by atoms with Crippen molar-refractivity contribution in [3.05, 3.63) is 59.4 Å². The third-order valence-corrected chi connectivity index (χ3v) is 8.23. The number of aryl methyl sites for hydroxylation is 2. The summed E-state index contributed by atoms with van der Waals surface area (Å²) in [4.78, 5) is 19.7. The average Bonchev–Trinajstić information content (AvgIpc) is 3.13. The van der Waals surface area contributed by atoms with Crippen LogP contribution in [0.3, 0.4) is 0 Å². The zero-order valence-corrected chi connectivity index (χ0v) is 21.1. The highest BCUT2D eigenvalue weighted by Crippen LogP contribution is 2.21. The quantitative estimate of drug-likeness (QED) is 0.558. The second-order valence-corrected chi connectivity index (χ2v) is 11.0. The molecule has 0 aliphatic carbocycles. The van der Waals surface area contributed by atoms with Crippen molar-refractivity contribution in [2.24, 2.45) is 7.05 Å². The third-order valence-electron chi connectivity index (χ3n) is 6.32. The van der Waals surface area contributed by atoms with Crippen molar-refractivity contribution in [1.82, 2.24) is 24.1 Å². The molecule has 0 radical (unpaired) electrons. The molecule has 182 valence electrons. The van der Waals surface area contributed by atoms with Gasteiger partial charge in [0.2, 0.25) is 10.0 Å². The highest BCUT2D eigenvalue weighted by atomic mass is 32.2. The summed E-state index contributed by atoms with van der Waals surface area (Å²) < 4.78 is 29.7. The number of carbonyl (C=O) groups is 1. The highest BCUT2D eigenvalue weighted by molar-refractivity contribution is 7.89. The van der Waals surface area contributed by atoms with Crippen LogP contribution in [0.1, 0.15) is 42.5 Å². The molecule has 2 aromatic carbocycles. The Kier molecular flexibility index (Phi) is 7.06. The van der Waals surface area contributed by atoms with Gasteiger partial charge in [-0.1, -0.05) is 19.1 Å². The fraction of sp³-hybridized carbons (Fsp3) is 0.440. The minimum atomic E-state index is -3.49. The van der Waals surface area contributed by atoms with Gasteiger partial charge in [-0.05, 0) is 56.2 Å². The zero-order valence-electron chi connectivity index (χ0n) is 20.3.